The first-order valence-corrected chi connectivity index (χ1v) is 24.8. The molecule has 1 fully saturated rings. The molecule has 0 aromatic carbocycles. The predicted octanol–water partition coefficient (Wildman–Crippen LogP) is 6.61. The molecule has 5 N–H and O–H groups in total. The lowest BCUT2D eigenvalue weighted by Crippen LogP contribution is -2.50. The number of aromatic nitrogens is 1. The van der Waals surface area contributed by atoms with E-state index in [-0.39, 0.29) is 101 Å². The largest absolute Gasteiger partial charge is 0.737 e. The summed E-state index contributed by atoms with van der Waals surface area (Å²) in [5, 5.41) is 37.7. The first-order valence-electron chi connectivity index (χ1n) is 24.8. The number of amides is 2. The van der Waals surface area contributed by atoms with Gasteiger partial charge in [0.1, 0.15) is 17.4 Å². The van der Waals surface area contributed by atoms with E-state index in [9.17, 15) is 29.7 Å². The number of fused-ring (bicyclic) bond motifs is 2. The summed E-state index contributed by atoms with van der Waals surface area (Å²) in [6.07, 6.45) is 13.9. The Morgan fingerprint density at radius 2 is 1.80 bits per heavy atom. The smallest absolute Gasteiger partial charge is 0.457 e. The summed E-state index contributed by atoms with van der Waals surface area (Å²) >= 11 is 0. The number of cyclic esters (lactones) is 1. The number of aryl methyl sites for hydroxylation is 2. The summed E-state index contributed by atoms with van der Waals surface area (Å²) in [5.41, 5.74) is 2.13. The molecule has 0 saturated carbocycles. The van der Waals surface area contributed by atoms with Crippen LogP contribution in [0.5, 0.6) is 0 Å². The minimum absolute atomic E-state index is 0.0404. The molecule has 5 heterocycles. The number of esters is 1. The van der Waals surface area contributed by atoms with Crippen LogP contribution < -0.4 is 10.6 Å². The van der Waals surface area contributed by atoms with Gasteiger partial charge in [-0.25, -0.2) is 4.79 Å². The number of nitrogens with zero attached hydrogens (tertiary/aromatic N) is 2. The van der Waals surface area contributed by atoms with Crippen LogP contribution >= 0.6 is 0 Å². The van der Waals surface area contributed by atoms with Crippen molar-refractivity contribution >= 4 is 36.7 Å². The van der Waals surface area contributed by atoms with E-state index in [1.54, 1.807) is 43.4 Å². The number of rotatable bonds is 23. The number of epoxide rings is 1. The van der Waals surface area contributed by atoms with Gasteiger partial charge in [-0.1, -0.05) is 52.0 Å². The van der Waals surface area contributed by atoms with Crippen LogP contribution in [0.1, 0.15) is 116 Å². The minimum atomic E-state index is -4.00. The Hall–Kier alpha value is -4.46. The van der Waals surface area contributed by atoms with Crippen molar-refractivity contribution < 1.29 is 66.5 Å². The number of carbonyl (C=O) groups excluding carboxylic acids is 3. The molecule has 5 rings (SSSR count). The average molecular weight is 971 g/mol. The Labute approximate surface area is 406 Å². The Balaban J connectivity index is 0.971. The van der Waals surface area contributed by atoms with E-state index in [0.29, 0.717) is 55.0 Å². The van der Waals surface area contributed by atoms with Gasteiger partial charge in [-0.15, -0.1) is 0 Å². The summed E-state index contributed by atoms with van der Waals surface area (Å²) < 4.78 is 62.1. The van der Waals surface area contributed by atoms with Gasteiger partial charge in [0.25, 0.3) is 0 Å². The van der Waals surface area contributed by atoms with Gasteiger partial charge in [-0.2, -0.15) is 0 Å². The zero-order chi connectivity index (χ0) is 50.5. The van der Waals surface area contributed by atoms with E-state index in [0.717, 1.165) is 26.5 Å². The number of alkyl carbamates (subject to hydrolysis) is 1. The Morgan fingerprint density at radius 1 is 1.09 bits per heavy atom. The Kier molecular flexibility index (Phi) is 20.6. The molecule has 4 aliphatic heterocycles. The molecule has 0 spiro atoms. The van der Waals surface area contributed by atoms with Crippen LogP contribution in [0.25, 0.3) is 6.08 Å². The van der Waals surface area contributed by atoms with Crippen molar-refractivity contribution in [3.05, 3.63) is 76.8 Å². The van der Waals surface area contributed by atoms with Crippen LogP contribution in [-0.2, 0) is 33.3 Å². The van der Waals surface area contributed by atoms with Gasteiger partial charge < -0.3 is 67.2 Å². The summed E-state index contributed by atoms with van der Waals surface area (Å²) in [4.78, 5) is 38.2. The quantitative estimate of drug-likeness (QED) is 0.0198. The minimum Gasteiger partial charge on any atom is -0.457 e. The van der Waals surface area contributed by atoms with Crippen LogP contribution in [0.4, 0.5) is 13.4 Å². The third-order valence-corrected chi connectivity index (χ3v) is 13.5. The molecule has 69 heavy (non-hydrogen) atoms. The van der Waals surface area contributed by atoms with Crippen LogP contribution in [0.15, 0.2) is 59.9 Å². The third-order valence-electron chi connectivity index (χ3n) is 13.5. The molecule has 0 radical (unpaired) electrons. The van der Waals surface area contributed by atoms with Gasteiger partial charge >= 0.3 is 19.0 Å². The Morgan fingerprint density at radius 3 is 2.51 bits per heavy atom. The first kappa shape index (κ1) is 55.5. The number of allylic oxidation sites excluding steroid dienone is 5. The van der Waals surface area contributed by atoms with E-state index in [4.69, 9.17) is 23.7 Å². The maximum absolute atomic E-state index is 15.6. The third kappa shape index (κ3) is 15.8. The van der Waals surface area contributed by atoms with Gasteiger partial charge in [0.05, 0.1) is 57.3 Å². The summed E-state index contributed by atoms with van der Waals surface area (Å²) in [6, 6.07) is 1.78. The summed E-state index contributed by atoms with van der Waals surface area (Å²) in [6.45, 7) is 12.2. The van der Waals surface area contributed by atoms with E-state index < -0.39 is 42.9 Å². The van der Waals surface area contributed by atoms with Crippen molar-refractivity contribution in [3.8, 4) is 0 Å². The molecule has 15 nitrogen and oxygen atoms in total. The highest BCUT2D eigenvalue weighted by Crippen LogP contribution is 2.37. The second kappa shape index (κ2) is 25.6. The lowest BCUT2D eigenvalue weighted by atomic mass is 9.88. The van der Waals surface area contributed by atoms with Crippen molar-refractivity contribution in [3.63, 3.8) is 0 Å². The van der Waals surface area contributed by atoms with Crippen molar-refractivity contribution in [2.24, 2.45) is 17.8 Å². The number of aliphatic hydroxyl groups is 3. The lowest BCUT2D eigenvalue weighted by Gasteiger charge is -2.32. The topological polar surface area (TPSA) is 193 Å². The molecule has 1 saturated heterocycles. The molecule has 0 bridgehead atoms. The molecular weight excluding hydrogens is 893 g/mol. The normalized spacial score (nSPS) is 27.6. The molecule has 10 unspecified atom stereocenters. The van der Waals surface area contributed by atoms with Crippen molar-refractivity contribution in [1.29, 1.82) is 0 Å². The highest BCUT2D eigenvalue weighted by atomic mass is 19.2. The fourth-order valence-electron chi connectivity index (χ4n) is 9.33. The highest BCUT2D eigenvalue weighted by molar-refractivity contribution is 6.58. The number of nitrogens with one attached hydrogen (secondary N) is 2. The van der Waals surface area contributed by atoms with Gasteiger partial charge in [0.2, 0.25) is 5.91 Å². The lowest BCUT2D eigenvalue weighted by molar-refractivity contribution is -0.362. The maximum Gasteiger partial charge on any atom is 0.737 e. The maximum atomic E-state index is 15.6. The number of carbonyl (C=O) groups is 3. The standard InChI is InChI=1S/C51H77BF2N4O11/c1-9-43(60)38(7)49-44(67-49)29-33(2)13-12-14-34(3)48-35(4)17-20-45(51(8,64)22-21-41(59)32-47(62)69-48)68-50(63)56-24-26-66-28-27-65-25-23-55-46(61)16-11-10-15-39-18-19-40-31-42-36(5)30-37(6)57(42)52(53,54)58(39)40/h12-14,17-20,30-31,33,35,38,41,43-45,48-49,59-60,64H,9-11,15-16,21-29,32H2,1-8H3,(H,55,61)(H,56,63)/b13-12?,20-17-,34-14?. The molecule has 0 aliphatic carbocycles. The van der Waals surface area contributed by atoms with Gasteiger partial charge in [-0.05, 0) is 101 Å². The molecule has 4 aliphatic rings. The molecular formula is C51H77BF2N4O11. The molecule has 18 heteroatoms. The number of hydrogen-bond donors (Lipinski definition) is 5. The van der Waals surface area contributed by atoms with Crippen LogP contribution in [0, 0.1) is 31.6 Å². The number of hydrogen-bond acceptors (Lipinski definition) is 11. The molecule has 1 aromatic heterocycles. The number of halogens is 2. The molecule has 1 aromatic rings. The van der Waals surface area contributed by atoms with Gasteiger partial charge in [0.15, 0.2) is 11.8 Å². The van der Waals surface area contributed by atoms with Crippen LogP contribution in [0.3, 0.4) is 0 Å². The van der Waals surface area contributed by atoms with Crippen molar-refractivity contribution in [2.45, 2.75) is 155 Å². The zero-order valence-electron chi connectivity index (χ0n) is 41.8. The van der Waals surface area contributed by atoms with Gasteiger partial charge in [0, 0.05) is 61.7 Å². The first-order chi connectivity index (χ1) is 32.7. The highest BCUT2D eigenvalue weighted by Gasteiger charge is 2.52. The monoisotopic (exact) mass is 971 g/mol. The van der Waals surface area contributed by atoms with Crippen molar-refractivity contribution in [1.82, 2.24) is 15.1 Å². The Bertz CT molecular complexity index is 2120. The summed E-state index contributed by atoms with van der Waals surface area (Å²) in [7, 11) is 0. The second-order valence-corrected chi connectivity index (χ2v) is 19.5. The zero-order valence-corrected chi connectivity index (χ0v) is 41.8. The van der Waals surface area contributed by atoms with E-state index in [2.05, 4.69) is 23.6 Å². The molecule has 384 valence electrons. The fourth-order valence-corrected chi connectivity index (χ4v) is 9.33. The van der Waals surface area contributed by atoms with Crippen molar-refractivity contribution in [2.75, 3.05) is 39.5 Å². The molecule has 10 atom stereocenters. The number of unbranched alkanes of at least 4 members (excludes halogenated alkanes) is 1. The van der Waals surface area contributed by atoms with Crippen LogP contribution in [0.2, 0.25) is 0 Å². The van der Waals surface area contributed by atoms with Crippen LogP contribution in [-0.4, -0.2) is 137 Å². The van der Waals surface area contributed by atoms with E-state index in [1.165, 1.54) is 6.92 Å². The number of ether oxygens (including phenoxy) is 5. The second-order valence-electron chi connectivity index (χ2n) is 19.5. The number of aliphatic hydroxyl groups excluding tert-OH is 2. The summed E-state index contributed by atoms with van der Waals surface area (Å²) in [5.74, 6) is -0.801. The average Bonchev–Trinajstić information content (AvgIpc) is 3.81. The predicted molar refractivity (Wildman–Crippen MR) is 261 cm³/mol. The molecule has 2 amide bonds. The van der Waals surface area contributed by atoms with E-state index in [1.807, 2.05) is 46.8 Å². The fraction of sp³-hybridized carbons (Fsp3) is 0.647. The van der Waals surface area contributed by atoms with Gasteiger partial charge in [-0.3, -0.25) is 9.59 Å². The van der Waals surface area contributed by atoms with E-state index >= 15 is 8.63 Å². The SMILES string of the molecule is CCC(O)C(C)C1OC1CC(C)C=CC=C(C)C1OC(=O)CC(O)CCC(C)(O)C(OC(=O)NCCOCCOCCNC(=O)CCCCC2=[N+]3C(=Cc4c(C)cc(C)n4[B-]3(F)F)C=C2)/C=C\C1C.